The minimum Gasteiger partial charge on any atom is -0.216 e. The second-order valence-electron chi connectivity index (χ2n) is 6.02. The smallest absolute Gasteiger partial charge is 0.216 e. The summed E-state index contributed by atoms with van der Waals surface area (Å²) in [5.74, 6) is 1.28. The van der Waals surface area contributed by atoms with Gasteiger partial charge in [-0.05, 0) is 37.3 Å². The van der Waals surface area contributed by atoms with Gasteiger partial charge in [-0.2, -0.15) is 10.1 Å². The largest absolute Gasteiger partial charge is 0.252 e. The fourth-order valence-corrected chi connectivity index (χ4v) is 2.89. The molecule has 3 rings (SSSR count). The number of benzene rings is 1. The van der Waals surface area contributed by atoms with E-state index in [-0.39, 0.29) is 0 Å². The van der Waals surface area contributed by atoms with Crippen molar-refractivity contribution < 1.29 is 0 Å². The molecule has 0 amide bonds. The Kier molecular flexibility index (Phi) is 3.92. The van der Waals surface area contributed by atoms with E-state index in [2.05, 4.69) is 67.0 Å². The highest BCUT2D eigenvalue weighted by molar-refractivity contribution is 5.72. The zero-order valence-corrected chi connectivity index (χ0v) is 13.7. The SMILES string of the molecule is CCC(C)Cc1c(-c2ccccc2C)c(C)nc2ncnn12. The van der Waals surface area contributed by atoms with Crippen LogP contribution >= 0.6 is 0 Å². The van der Waals surface area contributed by atoms with Crippen molar-refractivity contribution in [3.8, 4) is 11.1 Å². The molecular weight excluding hydrogens is 272 g/mol. The molecule has 0 bridgehead atoms. The lowest BCUT2D eigenvalue weighted by Crippen LogP contribution is -2.11. The zero-order valence-electron chi connectivity index (χ0n) is 13.7. The van der Waals surface area contributed by atoms with Gasteiger partial charge in [0.1, 0.15) is 6.33 Å². The minimum absolute atomic E-state index is 0.594. The fraction of sp³-hybridized carbons (Fsp3) is 0.389. The van der Waals surface area contributed by atoms with Crippen LogP contribution in [0.5, 0.6) is 0 Å². The quantitative estimate of drug-likeness (QED) is 0.730. The van der Waals surface area contributed by atoms with E-state index in [0.717, 1.165) is 18.5 Å². The summed E-state index contributed by atoms with van der Waals surface area (Å²) < 4.78 is 1.90. The highest BCUT2D eigenvalue weighted by Gasteiger charge is 2.18. The molecule has 0 radical (unpaired) electrons. The van der Waals surface area contributed by atoms with Gasteiger partial charge in [-0.25, -0.2) is 9.50 Å². The fourth-order valence-electron chi connectivity index (χ4n) is 2.89. The molecule has 2 aromatic heterocycles. The summed E-state index contributed by atoms with van der Waals surface area (Å²) in [7, 11) is 0. The Labute approximate surface area is 131 Å². The van der Waals surface area contributed by atoms with Crippen molar-refractivity contribution in [2.24, 2.45) is 5.92 Å². The van der Waals surface area contributed by atoms with Crippen molar-refractivity contribution >= 4 is 5.78 Å². The van der Waals surface area contributed by atoms with Crippen LogP contribution in [0.1, 0.15) is 37.2 Å². The van der Waals surface area contributed by atoms with Crippen LogP contribution in [0.25, 0.3) is 16.9 Å². The van der Waals surface area contributed by atoms with Gasteiger partial charge in [0, 0.05) is 5.56 Å². The second-order valence-corrected chi connectivity index (χ2v) is 6.02. The number of nitrogens with zero attached hydrogens (tertiary/aromatic N) is 4. The molecule has 0 fully saturated rings. The molecule has 3 aromatic rings. The summed E-state index contributed by atoms with van der Waals surface area (Å²) in [5, 5.41) is 4.41. The van der Waals surface area contributed by atoms with Crippen molar-refractivity contribution in [2.75, 3.05) is 0 Å². The molecule has 0 saturated carbocycles. The van der Waals surface area contributed by atoms with Crippen LogP contribution < -0.4 is 0 Å². The van der Waals surface area contributed by atoms with Crippen LogP contribution in [0.3, 0.4) is 0 Å². The van der Waals surface area contributed by atoms with Gasteiger partial charge in [-0.1, -0.05) is 44.5 Å². The summed E-state index contributed by atoms with van der Waals surface area (Å²) in [5.41, 5.74) is 5.94. The van der Waals surface area contributed by atoms with Gasteiger partial charge < -0.3 is 0 Å². The molecule has 0 spiro atoms. The van der Waals surface area contributed by atoms with Gasteiger partial charge in [-0.3, -0.25) is 0 Å². The number of aromatic nitrogens is 4. The third-order valence-electron chi connectivity index (χ3n) is 4.36. The number of hydrogen-bond acceptors (Lipinski definition) is 3. The Balaban J connectivity index is 2.30. The molecular formula is C18H22N4. The third kappa shape index (κ3) is 2.49. The van der Waals surface area contributed by atoms with E-state index in [1.54, 1.807) is 6.33 Å². The second kappa shape index (κ2) is 5.87. The number of aryl methyl sites for hydroxylation is 2. The van der Waals surface area contributed by atoms with E-state index in [1.807, 2.05) is 4.52 Å². The van der Waals surface area contributed by atoms with Gasteiger partial charge in [0.2, 0.25) is 0 Å². The molecule has 0 aliphatic heterocycles. The monoisotopic (exact) mass is 294 g/mol. The van der Waals surface area contributed by atoms with Gasteiger partial charge in [-0.15, -0.1) is 0 Å². The van der Waals surface area contributed by atoms with Crippen molar-refractivity contribution in [2.45, 2.75) is 40.5 Å². The van der Waals surface area contributed by atoms with Crippen LogP contribution in [0, 0.1) is 19.8 Å². The van der Waals surface area contributed by atoms with Crippen LogP contribution in [-0.2, 0) is 6.42 Å². The molecule has 0 N–H and O–H groups in total. The zero-order chi connectivity index (χ0) is 15.7. The lowest BCUT2D eigenvalue weighted by molar-refractivity contribution is 0.544. The highest BCUT2D eigenvalue weighted by Crippen LogP contribution is 2.31. The van der Waals surface area contributed by atoms with Gasteiger partial charge in [0.25, 0.3) is 5.78 Å². The summed E-state index contributed by atoms with van der Waals surface area (Å²) in [6.07, 6.45) is 3.71. The van der Waals surface area contributed by atoms with Gasteiger partial charge in [0.05, 0.1) is 11.4 Å². The average Bonchev–Trinajstić information content (AvgIpc) is 2.96. The third-order valence-corrected chi connectivity index (χ3v) is 4.36. The molecule has 0 aliphatic carbocycles. The standard InChI is InChI=1S/C18H22N4/c1-5-12(2)10-16-17(15-9-7-6-8-13(15)3)14(4)21-18-19-11-20-22(16)18/h6-9,11-12H,5,10H2,1-4H3. The van der Waals surface area contributed by atoms with E-state index in [4.69, 9.17) is 0 Å². The lowest BCUT2D eigenvalue weighted by Gasteiger charge is -2.17. The predicted molar refractivity (Wildman–Crippen MR) is 88.9 cm³/mol. The Hall–Kier alpha value is -2.23. The molecule has 0 aliphatic rings. The first-order chi connectivity index (χ1) is 10.6. The van der Waals surface area contributed by atoms with E-state index >= 15 is 0 Å². The van der Waals surface area contributed by atoms with Crippen molar-refractivity contribution in [3.63, 3.8) is 0 Å². The Morgan fingerprint density at radius 2 is 1.95 bits per heavy atom. The average molecular weight is 294 g/mol. The molecule has 1 unspecified atom stereocenters. The summed E-state index contributed by atoms with van der Waals surface area (Å²) in [6.45, 7) is 8.72. The van der Waals surface area contributed by atoms with Crippen molar-refractivity contribution in [1.29, 1.82) is 0 Å². The van der Waals surface area contributed by atoms with Crippen LogP contribution in [0.2, 0.25) is 0 Å². The predicted octanol–water partition coefficient (Wildman–Crippen LogP) is 4.00. The first kappa shape index (κ1) is 14.7. The van der Waals surface area contributed by atoms with E-state index in [1.165, 1.54) is 22.4 Å². The van der Waals surface area contributed by atoms with E-state index in [0.29, 0.717) is 11.7 Å². The van der Waals surface area contributed by atoms with Gasteiger partial charge >= 0.3 is 0 Å². The normalized spacial score (nSPS) is 12.7. The van der Waals surface area contributed by atoms with E-state index < -0.39 is 0 Å². The Bertz CT molecular complexity index is 804. The van der Waals surface area contributed by atoms with E-state index in [9.17, 15) is 0 Å². The van der Waals surface area contributed by atoms with Crippen LogP contribution in [0.15, 0.2) is 30.6 Å². The first-order valence-corrected chi connectivity index (χ1v) is 7.87. The Morgan fingerprint density at radius 1 is 1.18 bits per heavy atom. The minimum atomic E-state index is 0.594. The maximum absolute atomic E-state index is 4.64. The number of rotatable bonds is 4. The number of hydrogen-bond donors (Lipinski definition) is 0. The lowest BCUT2D eigenvalue weighted by atomic mass is 9.93. The maximum atomic E-state index is 4.64. The maximum Gasteiger partial charge on any atom is 0.252 e. The van der Waals surface area contributed by atoms with Crippen LogP contribution in [-0.4, -0.2) is 19.6 Å². The molecule has 22 heavy (non-hydrogen) atoms. The summed E-state index contributed by atoms with van der Waals surface area (Å²) >= 11 is 0. The Morgan fingerprint density at radius 3 is 2.68 bits per heavy atom. The topological polar surface area (TPSA) is 43.1 Å². The van der Waals surface area contributed by atoms with Gasteiger partial charge in [0.15, 0.2) is 0 Å². The molecule has 4 heteroatoms. The molecule has 2 heterocycles. The molecule has 4 nitrogen and oxygen atoms in total. The molecule has 1 aromatic carbocycles. The summed E-state index contributed by atoms with van der Waals surface area (Å²) in [6, 6.07) is 8.47. The molecule has 114 valence electrons. The molecule has 0 saturated heterocycles. The first-order valence-electron chi connectivity index (χ1n) is 7.87. The van der Waals surface area contributed by atoms with Crippen molar-refractivity contribution in [1.82, 2.24) is 19.6 Å². The van der Waals surface area contributed by atoms with Crippen LogP contribution in [0.4, 0.5) is 0 Å². The highest BCUT2D eigenvalue weighted by atomic mass is 15.3. The van der Waals surface area contributed by atoms with Crippen molar-refractivity contribution in [3.05, 3.63) is 47.5 Å². The molecule has 1 atom stereocenters. The number of fused-ring (bicyclic) bond motifs is 1. The summed E-state index contributed by atoms with van der Waals surface area (Å²) in [4.78, 5) is 8.91.